The number of nitrogens with zero attached hydrogens (tertiary/aromatic N) is 6. The molecule has 0 saturated heterocycles. The van der Waals surface area contributed by atoms with E-state index in [9.17, 15) is 0 Å². The molecule has 0 unspecified atom stereocenters. The molecule has 0 aliphatic heterocycles. The lowest BCUT2D eigenvalue weighted by molar-refractivity contribution is 0.641. The molecule has 6 nitrogen and oxygen atoms in total. The van der Waals surface area contributed by atoms with E-state index in [0.717, 1.165) is 22.9 Å². The van der Waals surface area contributed by atoms with Crippen molar-refractivity contribution in [3.05, 3.63) is 40.0 Å². The summed E-state index contributed by atoms with van der Waals surface area (Å²) in [5, 5.41) is 19.3. The van der Waals surface area contributed by atoms with Crippen LogP contribution >= 0.6 is 34.5 Å². The Morgan fingerprint density at radius 3 is 2.75 bits per heavy atom. The van der Waals surface area contributed by atoms with E-state index >= 15 is 0 Å². The number of rotatable bonds is 3. The molecule has 4 aromatic rings. The second-order valence-electron chi connectivity index (χ2n) is 5.21. The second kappa shape index (κ2) is 5.84. The van der Waals surface area contributed by atoms with Crippen LogP contribution in [0.25, 0.3) is 27.1 Å². The molecule has 0 spiro atoms. The monoisotopic (exact) mass is 378 g/mol. The molecule has 0 atom stereocenters. The van der Waals surface area contributed by atoms with Crippen molar-refractivity contribution < 1.29 is 0 Å². The number of halogens is 2. The summed E-state index contributed by atoms with van der Waals surface area (Å²) in [4.78, 5) is 0.680. The zero-order valence-electron chi connectivity index (χ0n) is 12.9. The molecule has 0 fully saturated rings. The fourth-order valence-electron chi connectivity index (χ4n) is 2.50. The van der Waals surface area contributed by atoms with Crippen LogP contribution < -0.4 is 0 Å². The van der Waals surface area contributed by atoms with Gasteiger partial charge in [0.1, 0.15) is 5.69 Å². The van der Waals surface area contributed by atoms with Crippen LogP contribution in [0.5, 0.6) is 0 Å². The molecule has 0 saturated carbocycles. The van der Waals surface area contributed by atoms with E-state index in [1.165, 1.54) is 11.3 Å². The Morgan fingerprint density at radius 2 is 2.00 bits per heavy atom. The summed E-state index contributed by atoms with van der Waals surface area (Å²) < 4.78 is 3.62. The summed E-state index contributed by atoms with van der Waals surface area (Å²) >= 11 is 13.8. The van der Waals surface area contributed by atoms with Gasteiger partial charge >= 0.3 is 0 Å². The fourth-order valence-corrected chi connectivity index (χ4v) is 3.68. The van der Waals surface area contributed by atoms with Gasteiger partial charge in [0.05, 0.1) is 10.0 Å². The molecule has 0 amide bonds. The van der Waals surface area contributed by atoms with Gasteiger partial charge < -0.3 is 0 Å². The molecule has 1 aromatic carbocycles. The summed E-state index contributed by atoms with van der Waals surface area (Å²) in [7, 11) is 0. The molecule has 3 aromatic heterocycles. The first-order valence-electron chi connectivity index (χ1n) is 7.30. The van der Waals surface area contributed by atoms with Gasteiger partial charge in [-0.2, -0.15) is 14.7 Å². The van der Waals surface area contributed by atoms with Crippen molar-refractivity contribution in [1.82, 2.24) is 29.6 Å². The van der Waals surface area contributed by atoms with Gasteiger partial charge in [0.15, 0.2) is 10.8 Å². The molecule has 0 aliphatic rings. The van der Waals surface area contributed by atoms with Gasteiger partial charge in [-0.1, -0.05) is 40.6 Å². The van der Waals surface area contributed by atoms with E-state index in [0.29, 0.717) is 26.4 Å². The van der Waals surface area contributed by atoms with Crippen molar-refractivity contribution in [3.8, 4) is 22.1 Å². The lowest BCUT2D eigenvalue weighted by Crippen LogP contribution is -1.98. The first-order valence-corrected chi connectivity index (χ1v) is 8.87. The van der Waals surface area contributed by atoms with Gasteiger partial charge in [0.25, 0.3) is 0 Å². The molecule has 3 heterocycles. The zero-order chi connectivity index (χ0) is 16.8. The van der Waals surface area contributed by atoms with Crippen molar-refractivity contribution in [3.63, 3.8) is 0 Å². The molecule has 0 aliphatic carbocycles. The Bertz CT molecular complexity index is 1050. The summed E-state index contributed by atoms with van der Waals surface area (Å²) in [6, 6.07) is 7.42. The Hall–Kier alpha value is -1.96. The quantitative estimate of drug-likeness (QED) is 0.531. The van der Waals surface area contributed by atoms with Gasteiger partial charge in [0, 0.05) is 17.8 Å². The molecule has 24 heavy (non-hydrogen) atoms. The van der Waals surface area contributed by atoms with Crippen LogP contribution in [-0.4, -0.2) is 29.6 Å². The minimum Gasteiger partial charge on any atom is -0.269 e. The average molecular weight is 379 g/mol. The molecule has 0 bridgehead atoms. The summed E-state index contributed by atoms with van der Waals surface area (Å²) in [6.07, 6.45) is 0. The Morgan fingerprint density at radius 1 is 1.17 bits per heavy atom. The highest BCUT2D eigenvalue weighted by molar-refractivity contribution is 7.19. The number of fused-ring (bicyclic) bond motifs is 1. The van der Waals surface area contributed by atoms with E-state index in [1.54, 1.807) is 10.6 Å². The largest absolute Gasteiger partial charge is 0.269 e. The topological polar surface area (TPSA) is 60.9 Å². The van der Waals surface area contributed by atoms with Crippen LogP contribution in [0.15, 0.2) is 24.3 Å². The molecule has 4 rings (SSSR count). The van der Waals surface area contributed by atoms with Crippen molar-refractivity contribution in [1.29, 1.82) is 0 Å². The van der Waals surface area contributed by atoms with Crippen molar-refractivity contribution in [2.24, 2.45) is 0 Å². The molecule has 9 heteroatoms. The minimum absolute atomic E-state index is 0.439. The third-order valence-corrected chi connectivity index (χ3v) is 5.42. The number of benzene rings is 1. The molecule has 122 valence electrons. The summed E-state index contributed by atoms with van der Waals surface area (Å²) in [5.41, 5.74) is 2.62. The molecular formula is C15H12Cl2N6S. The van der Waals surface area contributed by atoms with Crippen LogP contribution in [-0.2, 0) is 6.54 Å². The average Bonchev–Trinajstić information content (AvgIpc) is 3.23. The van der Waals surface area contributed by atoms with Gasteiger partial charge in [0.2, 0.25) is 4.96 Å². The van der Waals surface area contributed by atoms with E-state index in [2.05, 4.69) is 27.3 Å². The van der Waals surface area contributed by atoms with Crippen molar-refractivity contribution >= 4 is 39.5 Å². The normalized spacial score (nSPS) is 11.5. The standard InChI is InChI=1S/C15H12Cl2N6S/c1-3-22-8(2)7-11(20-22)14-21-23-13(18-19-15(23)24-14)9-5-4-6-10(16)12(9)17/h4-7H,3H2,1-2H3. The SMILES string of the molecule is CCn1nc(-c2nn3c(-c4cccc(Cl)c4Cl)nnc3s2)cc1C. The lowest BCUT2D eigenvalue weighted by atomic mass is 10.2. The van der Waals surface area contributed by atoms with Crippen molar-refractivity contribution in [2.75, 3.05) is 0 Å². The highest BCUT2D eigenvalue weighted by Gasteiger charge is 2.18. The number of aromatic nitrogens is 6. The molecule has 0 N–H and O–H groups in total. The Labute approximate surface area is 151 Å². The lowest BCUT2D eigenvalue weighted by Gasteiger charge is -2.01. The van der Waals surface area contributed by atoms with Crippen LogP contribution in [0.1, 0.15) is 12.6 Å². The predicted octanol–water partition coefficient (Wildman–Crippen LogP) is 4.35. The van der Waals surface area contributed by atoms with Crippen LogP contribution in [0.4, 0.5) is 0 Å². The summed E-state index contributed by atoms with van der Waals surface area (Å²) in [6.45, 7) is 4.90. The predicted molar refractivity (Wildman–Crippen MR) is 95.7 cm³/mol. The Kier molecular flexibility index (Phi) is 3.79. The highest BCUT2D eigenvalue weighted by atomic mass is 35.5. The van der Waals surface area contributed by atoms with E-state index < -0.39 is 0 Å². The first-order chi connectivity index (χ1) is 11.6. The summed E-state index contributed by atoms with van der Waals surface area (Å²) in [5.74, 6) is 0.562. The zero-order valence-corrected chi connectivity index (χ0v) is 15.2. The maximum Gasteiger partial charge on any atom is 0.235 e. The third kappa shape index (κ3) is 2.40. The maximum atomic E-state index is 6.30. The molecular weight excluding hydrogens is 367 g/mol. The Balaban J connectivity index is 1.85. The van der Waals surface area contributed by atoms with Crippen LogP contribution in [0.3, 0.4) is 0 Å². The number of aryl methyl sites for hydroxylation is 2. The minimum atomic E-state index is 0.439. The number of hydrogen-bond donors (Lipinski definition) is 0. The maximum absolute atomic E-state index is 6.30. The van der Waals surface area contributed by atoms with Gasteiger partial charge in [-0.25, -0.2) is 0 Å². The van der Waals surface area contributed by atoms with Crippen LogP contribution in [0.2, 0.25) is 10.0 Å². The van der Waals surface area contributed by atoms with E-state index in [-0.39, 0.29) is 0 Å². The first kappa shape index (κ1) is 15.6. The highest BCUT2D eigenvalue weighted by Crippen LogP contribution is 2.34. The van der Waals surface area contributed by atoms with Gasteiger partial charge in [-0.05, 0) is 32.0 Å². The fraction of sp³-hybridized carbons (Fsp3) is 0.200. The number of hydrogen-bond acceptors (Lipinski definition) is 5. The van der Waals surface area contributed by atoms with E-state index in [1.807, 2.05) is 29.8 Å². The van der Waals surface area contributed by atoms with Gasteiger partial charge in [-0.3, -0.25) is 4.68 Å². The second-order valence-corrected chi connectivity index (χ2v) is 6.95. The van der Waals surface area contributed by atoms with Gasteiger partial charge in [-0.15, -0.1) is 10.2 Å². The molecule has 0 radical (unpaired) electrons. The van der Waals surface area contributed by atoms with Crippen molar-refractivity contribution in [2.45, 2.75) is 20.4 Å². The van der Waals surface area contributed by atoms with E-state index in [4.69, 9.17) is 23.2 Å². The smallest absolute Gasteiger partial charge is 0.235 e. The van der Waals surface area contributed by atoms with Crippen LogP contribution in [0, 0.1) is 6.92 Å². The third-order valence-electron chi connectivity index (χ3n) is 3.68.